The van der Waals surface area contributed by atoms with Gasteiger partial charge in [0, 0.05) is 18.2 Å². The van der Waals surface area contributed by atoms with Crippen molar-refractivity contribution >= 4 is 6.29 Å². The average molecular weight is 258 g/mol. The van der Waals surface area contributed by atoms with E-state index in [-0.39, 0.29) is 0 Å². The van der Waals surface area contributed by atoms with E-state index in [0.717, 1.165) is 6.29 Å². The molecule has 4 heteroatoms. The van der Waals surface area contributed by atoms with E-state index in [4.69, 9.17) is 14.2 Å². The third-order valence-corrected chi connectivity index (χ3v) is 2.60. The van der Waals surface area contributed by atoms with Crippen LogP contribution in [0.4, 0.5) is 0 Å². The SMILES string of the molecule is COc1cc(OC)cc(Oc2ccccc2C=O)c1. The summed E-state index contributed by atoms with van der Waals surface area (Å²) < 4.78 is 16.0. The zero-order chi connectivity index (χ0) is 13.7. The molecule has 0 bridgehead atoms. The summed E-state index contributed by atoms with van der Waals surface area (Å²) in [4.78, 5) is 10.9. The minimum Gasteiger partial charge on any atom is -0.496 e. The lowest BCUT2D eigenvalue weighted by Crippen LogP contribution is -1.92. The lowest BCUT2D eigenvalue weighted by atomic mass is 10.2. The molecular formula is C15H14O4. The number of benzene rings is 2. The van der Waals surface area contributed by atoms with E-state index >= 15 is 0 Å². The van der Waals surface area contributed by atoms with Crippen LogP contribution in [0.3, 0.4) is 0 Å². The summed E-state index contributed by atoms with van der Waals surface area (Å²) >= 11 is 0. The third kappa shape index (κ3) is 3.04. The van der Waals surface area contributed by atoms with E-state index in [0.29, 0.717) is 28.6 Å². The van der Waals surface area contributed by atoms with Gasteiger partial charge in [0.05, 0.1) is 19.8 Å². The van der Waals surface area contributed by atoms with E-state index in [1.54, 1.807) is 56.7 Å². The smallest absolute Gasteiger partial charge is 0.153 e. The minimum absolute atomic E-state index is 0.490. The first-order valence-corrected chi connectivity index (χ1v) is 5.72. The molecule has 2 aromatic carbocycles. The summed E-state index contributed by atoms with van der Waals surface area (Å²) in [5.41, 5.74) is 0.490. The standard InChI is InChI=1S/C15H14O4/c1-17-12-7-13(18-2)9-14(8-12)19-15-6-4-3-5-11(15)10-16/h3-10H,1-2H3. The van der Waals surface area contributed by atoms with Crippen molar-refractivity contribution in [2.75, 3.05) is 14.2 Å². The van der Waals surface area contributed by atoms with Gasteiger partial charge in [0.15, 0.2) is 6.29 Å². The Kier molecular flexibility index (Phi) is 4.03. The van der Waals surface area contributed by atoms with Gasteiger partial charge in [-0.15, -0.1) is 0 Å². The van der Waals surface area contributed by atoms with Gasteiger partial charge in [-0.3, -0.25) is 4.79 Å². The molecule has 4 nitrogen and oxygen atoms in total. The quantitative estimate of drug-likeness (QED) is 0.772. The molecule has 0 aliphatic heterocycles. The van der Waals surface area contributed by atoms with E-state index in [2.05, 4.69) is 0 Å². The summed E-state index contributed by atoms with van der Waals surface area (Å²) in [6.07, 6.45) is 0.757. The molecule has 0 aliphatic rings. The maximum atomic E-state index is 10.9. The van der Waals surface area contributed by atoms with Crippen molar-refractivity contribution in [1.29, 1.82) is 0 Å². The van der Waals surface area contributed by atoms with Crippen LogP contribution in [0.5, 0.6) is 23.0 Å². The number of ether oxygens (including phenoxy) is 3. The van der Waals surface area contributed by atoms with Crippen LogP contribution < -0.4 is 14.2 Å². The predicted octanol–water partition coefficient (Wildman–Crippen LogP) is 3.31. The largest absolute Gasteiger partial charge is 0.496 e. The van der Waals surface area contributed by atoms with E-state index in [1.165, 1.54) is 0 Å². The van der Waals surface area contributed by atoms with Crippen molar-refractivity contribution in [3.05, 3.63) is 48.0 Å². The monoisotopic (exact) mass is 258 g/mol. The molecule has 98 valence electrons. The highest BCUT2D eigenvalue weighted by Gasteiger charge is 2.06. The Labute approximate surface area is 111 Å². The molecule has 0 atom stereocenters. The third-order valence-electron chi connectivity index (χ3n) is 2.60. The second kappa shape index (κ2) is 5.91. The fraction of sp³-hybridized carbons (Fsp3) is 0.133. The van der Waals surface area contributed by atoms with Gasteiger partial charge in [0.1, 0.15) is 23.0 Å². The number of carbonyl (C=O) groups excluding carboxylic acids is 1. The topological polar surface area (TPSA) is 44.8 Å². The van der Waals surface area contributed by atoms with Crippen molar-refractivity contribution < 1.29 is 19.0 Å². The van der Waals surface area contributed by atoms with Crippen molar-refractivity contribution in [1.82, 2.24) is 0 Å². The number of methoxy groups -OCH3 is 2. The molecule has 0 fully saturated rings. The Morgan fingerprint density at radius 1 is 0.895 bits per heavy atom. The summed E-state index contributed by atoms with van der Waals surface area (Å²) in [5, 5.41) is 0. The van der Waals surface area contributed by atoms with Crippen LogP contribution in [0.2, 0.25) is 0 Å². The highest BCUT2D eigenvalue weighted by atomic mass is 16.5. The maximum Gasteiger partial charge on any atom is 0.153 e. The highest BCUT2D eigenvalue weighted by Crippen LogP contribution is 2.31. The Balaban J connectivity index is 2.34. The lowest BCUT2D eigenvalue weighted by molar-refractivity contribution is 0.112. The normalized spacial score (nSPS) is 9.79. The van der Waals surface area contributed by atoms with E-state index in [9.17, 15) is 4.79 Å². The number of aldehydes is 1. The van der Waals surface area contributed by atoms with Crippen molar-refractivity contribution in [3.8, 4) is 23.0 Å². The van der Waals surface area contributed by atoms with Crippen LogP contribution >= 0.6 is 0 Å². The van der Waals surface area contributed by atoms with Crippen molar-refractivity contribution in [3.63, 3.8) is 0 Å². The zero-order valence-corrected chi connectivity index (χ0v) is 10.8. The Morgan fingerprint density at radius 3 is 2.05 bits per heavy atom. The van der Waals surface area contributed by atoms with Gasteiger partial charge >= 0.3 is 0 Å². The number of hydrogen-bond acceptors (Lipinski definition) is 4. The molecule has 2 aromatic rings. The van der Waals surface area contributed by atoms with Crippen molar-refractivity contribution in [2.45, 2.75) is 0 Å². The number of para-hydroxylation sites is 1. The van der Waals surface area contributed by atoms with Gasteiger partial charge < -0.3 is 14.2 Å². The molecule has 0 saturated heterocycles. The second-order valence-corrected chi connectivity index (χ2v) is 3.81. The summed E-state index contributed by atoms with van der Waals surface area (Å²) in [5.74, 6) is 2.29. The Hall–Kier alpha value is -2.49. The van der Waals surface area contributed by atoms with E-state index in [1.807, 2.05) is 0 Å². The summed E-state index contributed by atoms with van der Waals surface area (Å²) in [7, 11) is 3.13. The lowest BCUT2D eigenvalue weighted by Gasteiger charge is -2.11. The number of rotatable bonds is 5. The number of carbonyl (C=O) groups is 1. The molecule has 0 spiro atoms. The molecule has 0 amide bonds. The van der Waals surface area contributed by atoms with Gasteiger partial charge in [-0.2, -0.15) is 0 Å². The Bertz CT molecular complexity index is 556. The predicted molar refractivity (Wildman–Crippen MR) is 71.4 cm³/mol. The van der Waals surface area contributed by atoms with Gasteiger partial charge in [-0.25, -0.2) is 0 Å². The molecule has 0 radical (unpaired) electrons. The molecule has 0 aromatic heterocycles. The van der Waals surface area contributed by atoms with Gasteiger partial charge in [0.2, 0.25) is 0 Å². The summed E-state index contributed by atoms with van der Waals surface area (Å²) in [6.45, 7) is 0. The average Bonchev–Trinajstić information content (AvgIpc) is 2.47. The van der Waals surface area contributed by atoms with Crippen LogP contribution in [0.1, 0.15) is 10.4 Å². The van der Waals surface area contributed by atoms with Crippen LogP contribution in [0.15, 0.2) is 42.5 Å². The molecule has 0 saturated carbocycles. The molecule has 19 heavy (non-hydrogen) atoms. The van der Waals surface area contributed by atoms with Crippen LogP contribution in [-0.4, -0.2) is 20.5 Å². The second-order valence-electron chi connectivity index (χ2n) is 3.81. The van der Waals surface area contributed by atoms with Crippen molar-refractivity contribution in [2.24, 2.45) is 0 Å². The molecule has 0 heterocycles. The number of hydrogen-bond donors (Lipinski definition) is 0. The minimum atomic E-state index is 0.490. The van der Waals surface area contributed by atoms with Gasteiger partial charge in [-0.1, -0.05) is 12.1 Å². The fourth-order valence-corrected chi connectivity index (χ4v) is 1.64. The maximum absolute atomic E-state index is 10.9. The van der Waals surface area contributed by atoms with E-state index < -0.39 is 0 Å². The summed E-state index contributed by atoms with van der Waals surface area (Å²) in [6, 6.07) is 12.2. The van der Waals surface area contributed by atoms with Gasteiger partial charge in [0.25, 0.3) is 0 Å². The molecule has 2 rings (SSSR count). The molecule has 0 N–H and O–H groups in total. The van der Waals surface area contributed by atoms with Crippen LogP contribution in [0.25, 0.3) is 0 Å². The first-order valence-electron chi connectivity index (χ1n) is 5.72. The van der Waals surface area contributed by atoms with Crippen LogP contribution in [-0.2, 0) is 0 Å². The molecular weight excluding hydrogens is 244 g/mol. The fourth-order valence-electron chi connectivity index (χ4n) is 1.64. The highest BCUT2D eigenvalue weighted by molar-refractivity contribution is 5.79. The Morgan fingerprint density at radius 2 is 1.47 bits per heavy atom. The first-order chi connectivity index (χ1) is 9.26. The molecule has 0 aliphatic carbocycles. The van der Waals surface area contributed by atoms with Crippen LogP contribution in [0, 0.1) is 0 Å². The molecule has 0 unspecified atom stereocenters. The zero-order valence-electron chi connectivity index (χ0n) is 10.8. The first kappa shape index (κ1) is 13.0. The van der Waals surface area contributed by atoms with Gasteiger partial charge in [-0.05, 0) is 12.1 Å².